The highest BCUT2D eigenvalue weighted by molar-refractivity contribution is 7.12. The van der Waals surface area contributed by atoms with Crippen molar-refractivity contribution in [3.05, 3.63) is 88.1 Å². The fraction of sp³-hybridized carbons (Fsp3) is 0.360. The van der Waals surface area contributed by atoms with Crippen LogP contribution in [-0.2, 0) is 13.0 Å². The topological polar surface area (TPSA) is 36.4 Å². The van der Waals surface area contributed by atoms with Crippen LogP contribution in [0, 0.1) is 11.7 Å². The predicted octanol–water partition coefficient (Wildman–Crippen LogP) is 4.88. The Labute approximate surface area is 187 Å². The van der Waals surface area contributed by atoms with E-state index in [1.807, 2.05) is 54.0 Å². The minimum atomic E-state index is -0.195. The number of hydrogen-bond donors (Lipinski definition) is 0. The quantitative estimate of drug-likeness (QED) is 0.529. The molecule has 3 aromatic rings. The Balaban J connectivity index is 1.48. The zero-order chi connectivity index (χ0) is 21.6. The van der Waals surface area contributed by atoms with Gasteiger partial charge in [0.2, 0.25) is 0 Å². The van der Waals surface area contributed by atoms with E-state index in [1.165, 1.54) is 23.0 Å². The van der Waals surface area contributed by atoms with Crippen molar-refractivity contribution in [3.8, 4) is 0 Å². The first-order valence-electron chi connectivity index (χ1n) is 10.8. The largest absolute Gasteiger partial charge is 0.337 e. The number of thiophene rings is 1. The van der Waals surface area contributed by atoms with Crippen LogP contribution >= 0.6 is 11.3 Å². The first-order chi connectivity index (χ1) is 15.1. The van der Waals surface area contributed by atoms with Gasteiger partial charge < -0.3 is 4.90 Å². The second-order valence-corrected chi connectivity index (χ2v) is 9.17. The molecule has 0 aliphatic carbocycles. The molecule has 162 valence electrons. The second kappa shape index (κ2) is 10.2. The number of halogens is 1. The molecule has 0 N–H and O–H groups in total. The molecule has 1 aliphatic heterocycles. The third kappa shape index (κ3) is 5.38. The minimum Gasteiger partial charge on any atom is -0.337 e. The zero-order valence-corrected chi connectivity index (χ0v) is 18.6. The fourth-order valence-corrected chi connectivity index (χ4v) is 5.18. The van der Waals surface area contributed by atoms with E-state index in [-0.39, 0.29) is 17.8 Å². The molecule has 4 rings (SSSR count). The van der Waals surface area contributed by atoms with E-state index in [9.17, 15) is 9.18 Å². The summed E-state index contributed by atoms with van der Waals surface area (Å²) in [5, 5.41) is 1.92. The minimum absolute atomic E-state index is 0.0237. The number of hydrogen-bond acceptors (Lipinski definition) is 4. The number of aromatic nitrogens is 1. The number of piperidine rings is 1. The fourth-order valence-electron chi connectivity index (χ4n) is 4.48. The van der Waals surface area contributed by atoms with Crippen molar-refractivity contribution in [2.75, 3.05) is 20.1 Å². The maximum atomic E-state index is 14.4. The Morgan fingerprint density at radius 2 is 1.90 bits per heavy atom. The van der Waals surface area contributed by atoms with Gasteiger partial charge in [-0.05, 0) is 79.0 Å². The number of likely N-dealkylation sites (tertiary alicyclic amines) is 1. The maximum absolute atomic E-state index is 14.4. The van der Waals surface area contributed by atoms with Crippen LogP contribution in [0.2, 0.25) is 0 Å². The van der Waals surface area contributed by atoms with E-state index in [4.69, 9.17) is 0 Å². The molecule has 0 saturated carbocycles. The van der Waals surface area contributed by atoms with Gasteiger partial charge in [-0.25, -0.2) is 4.39 Å². The standard InChI is InChI=1S/C25H28FN3OS/c1-28(25(30)24-7-4-16-31-24)23(17-21-5-2-3-6-22(21)26)20-10-14-29(15-11-20)18-19-8-12-27-13-9-19/h2-9,12-13,16,20,23H,10-11,14-15,17-18H2,1H3. The van der Waals surface area contributed by atoms with Crippen molar-refractivity contribution in [2.24, 2.45) is 5.92 Å². The number of benzene rings is 1. The Kier molecular flexibility index (Phi) is 7.10. The number of carbonyl (C=O) groups excluding carboxylic acids is 1. The lowest BCUT2D eigenvalue weighted by molar-refractivity contribution is 0.0588. The molecule has 31 heavy (non-hydrogen) atoms. The molecule has 4 nitrogen and oxygen atoms in total. The Morgan fingerprint density at radius 1 is 1.16 bits per heavy atom. The molecule has 0 spiro atoms. The van der Waals surface area contributed by atoms with E-state index >= 15 is 0 Å². The highest BCUT2D eigenvalue weighted by Crippen LogP contribution is 2.29. The van der Waals surface area contributed by atoms with Crippen molar-refractivity contribution in [3.63, 3.8) is 0 Å². The lowest BCUT2D eigenvalue weighted by Gasteiger charge is -2.40. The van der Waals surface area contributed by atoms with E-state index < -0.39 is 0 Å². The number of pyridine rings is 1. The number of carbonyl (C=O) groups is 1. The van der Waals surface area contributed by atoms with Crippen molar-refractivity contribution >= 4 is 17.2 Å². The summed E-state index contributed by atoms with van der Waals surface area (Å²) in [6, 6.07) is 14.8. The van der Waals surface area contributed by atoms with E-state index in [0.717, 1.165) is 37.4 Å². The zero-order valence-electron chi connectivity index (χ0n) is 17.8. The van der Waals surface area contributed by atoms with Gasteiger partial charge in [0.25, 0.3) is 5.91 Å². The van der Waals surface area contributed by atoms with Gasteiger partial charge in [-0.1, -0.05) is 24.3 Å². The summed E-state index contributed by atoms with van der Waals surface area (Å²) < 4.78 is 14.4. The lowest BCUT2D eigenvalue weighted by Crippen LogP contribution is -2.47. The average molecular weight is 438 g/mol. The third-order valence-electron chi connectivity index (χ3n) is 6.27. The number of amides is 1. The molecule has 1 unspecified atom stereocenters. The molecule has 1 saturated heterocycles. The van der Waals surface area contributed by atoms with Crippen LogP contribution in [0.1, 0.15) is 33.6 Å². The van der Waals surface area contributed by atoms with Gasteiger partial charge in [-0.2, -0.15) is 0 Å². The summed E-state index contributed by atoms with van der Waals surface area (Å²) in [6.45, 7) is 2.86. The first kappa shape index (κ1) is 21.7. The molecule has 6 heteroatoms. The van der Waals surface area contributed by atoms with Gasteiger partial charge in [0.1, 0.15) is 5.82 Å². The normalized spacial score (nSPS) is 16.2. The van der Waals surface area contributed by atoms with E-state index in [1.54, 1.807) is 6.07 Å². The first-order valence-corrected chi connectivity index (χ1v) is 11.6. The van der Waals surface area contributed by atoms with E-state index in [0.29, 0.717) is 17.9 Å². The monoisotopic (exact) mass is 437 g/mol. The average Bonchev–Trinajstić information content (AvgIpc) is 3.34. The maximum Gasteiger partial charge on any atom is 0.263 e. The summed E-state index contributed by atoms with van der Waals surface area (Å²) in [5.41, 5.74) is 1.94. The smallest absolute Gasteiger partial charge is 0.263 e. The third-order valence-corrected chi connectivity index (χ3v) is 7.13. The van der Waals surface area contributed by atoms with Crippen LogP contribution in [0.4, 0.5) is 4.39 Å². The van der Waals surface area contributed by atoms with Crippen LogP contribution in [0.25, 0.3) is 0 Å². The van der Waals surface area contributed by atoms with Crippen LogP contribution in [0.15, 0.2) is 66.3 Å². The molecule has 3 heterocycles. The number of nitrogens with zero attached hydrogens (tertiary/aromatic N) is 3. The highest BCUT2D eigenvalue weighted by atomic mass is 32.1. The second-order valence-electron chi connectivity index (χ2n) is 8.23. The van der Waals surface area contributed by atoms with Crippen LogP contribution in [0.5, 0.6) is 0 Å². The summed E-state index contributed by atoms with van der Waals surface area (Å²) in [7, 11) is 1.87. The summed E-state index contributed by atoms with van der Waals surface area (Å²) in [6.07, 6.45) is 6.18. The molecule has 1 amide bonds. The number of rotatable bonds is 7. The van der Waals surface area contributed by atoms with Crippen molar-refractivity contribution in [1.82, 2.24) is 14.8 Å². The Morgan fingerprint density at radius 3 is 2.58 bits per heavy atom. The lowest BCUT2D eigenvalue weighted by atomic mass is 9.84. The molecule has 0 radical (unpaired) electrons. The van der Waals surface area contributed by atoms with Crippen molar-refractivity contribution in [2.45, 2.75) is 31.8 Å². The van der Waals surface area contributed by atoms with Gasteiger partial charge >= 0.3 is 0 Å². The van der Waals surface area contributed by atoms with Crippen molar-refractivity contribution < 1.29 is 9.18 Å². The molecule has 0 bridgehead atoms. The predicted molar refractivity (Wildman–Crippen MR) is 123 cm³/mol. The number of likely N-dealkylation sites (N-methyl/N-ethyl adjacent to an activating group) is 1. The Bertz CT molecular complexity index is 971. The van der Waals surface area contributed by atoms with Crippen LogP contribution in [-0.4, -0.2) is 46.9 Å². The van der Waals surface area contributed by atoms with Gasteiger partial charge in [-0.3, -0.25) is 14.7 Å². The van der Waals surface area contributed by atoms with Gasteiger partial charge in [0.15, 0.2) is 0 Å². The molecular formula is C25H28FN3OS. The molecule has 1 aliphatic rings. The van der Waals surface area contributed by atoms with Crippen LogP contribution in [0.3, 0.4) is 0 Å². The molecular weight excluding hydrogens is 409 g/mol. The summed E-state index contributed by atoms with van der Waals surface area (Å²) in [4.78, 5) is 22.2. The van der Waals surface area contributed by atoms with Gasteiger partial charge in [0, 0.05) is 32.0 Å². The Hall–Kier alpha value is -2.57. The summed E-state index contributed by atoms with van der Waals surface area (Å²) >= 11 is 1.46. The van der Waals surface area contributed by atoms with Gasteiger partial charge in [-0.15, -0.1) is 11.3 Å². The summed E-state index contributed by atoms with van der Waals surface area (Å²) in [5.74, 6) is 0.164. The molecule has 1 fully saturated rings. The molecule has 1 atom stereocenters. The van der Waals surface area contributed by atoms with E-state index in [2.05, 4.69) is 22.0 Å². The van der Waals surface area contributed by atoms with Crippen molar-refractivity contribution in [1.29, 1.82) is 0 Å². The highest BCUT2D eigenvalue weighted by Gasteiger charge is 2.32. The molecule has 2 aromatic heterocycles. The SMILES string of the molecule is CN(C(=O)c1cccs1)C(Cc1ccccc1F)C1CCN(Cc2ccncc2)CC1. The van der Waals surface area contributed by atoms with Gasteiger partial charge in [0.05, 0.1) is 4.88 Å². The van der Waals surface area contributed by atoms with Crippen LogP contribution < -0.4 is 0 Å². The molecule has 1 aromatic carbocycles.